The third-order valence-corrected chi connectivity index (χ3v) is 1.56. The Morgan fingerprint density at radius 3 is 2.86 bits per heavy atom. The SMILES string of the molecule is C=CCOCC(O)CN(C)CC(C)=O. The molecule has 1 atom stereocenters. The summed E-state index contributed by atoms with van der Waals surface area (Å²) in [5.41, 5.74) is 0. The van der Waals surface area contributed by atoms with E-state index in [-0.39, 0.29) is 12.4 Å². The molecule has 0 fully saturated rings. The van der Waals surface area contributed by atoms with E-state index in [9.17, 15) is 9.90 Å². The van der Waals surface area contributed by atoms with Gasteiger partial charge in [0.05, 0.1) is 25.9 Å². The summed E-state index contributed by atoms with van der Waals surface area (Å²) in [5, 5.41) is 9.45. The first-order chi connectivity index (χ1) is 6.56. The van der Waals surface area contributed by atoms with Gasteiger partial charge in [-0.05, 0) is 14.0 Å². The second kappa shape index (κ2) is 7.67. The van der Waals surface area contributed by atoms with Gasteiger partial charge >= 0.3 is 0 Å². The maximum absolute atomic E-state index is 10.7. The second-order valence-electron chi connectivity index (χ2n) is 3.38. The van der Waals surface area contributed by atoms with Gasteiger partial charge in [-0.25, -0.2) is 0 Å². The lowest BCUT2D eigenvalue weighted by Crippen LogP contribution is -2.34. The topological polar surface area (TPSA) is 49.8 Å². The minimum atomic E-state index is -0.556. The molecule has 82 valence electrons. The van der Waals surface area contributed by atoms with Gasteiger partial charge in [-0.15, -0.1) is 6.58 Å². The zero-order chi connectivity index (χ0) is 11.0. The fourth-order valence-electron chi connectivity index (χ4n) is 1.14. The summed E-state index contributed by atoms with van der Waals surface area (Å²) >= 11 is 0. The Balaban J connectivity index is 3.54. The highest BCUT2D eigenvalue weighted by atomic mass is 16.5. The molecule has 0 heterocycles. The number of carbonyl (C=O) groups is 1. The second-order valence-corrected chi connectivity index (χ2v) is 3.38. The highest BCUT2D eigenvalue weighted by Crippen LogP contribution is 1.91. The molecular weight excluding hydrogens is 182 g/mol. The predicted molar refractivity (Wildman–Crippen MR) is 55.2 cm³/mol. The summed E-state index contributed by atoms with van der Waals surface area (Å²) in [5.74, 6) is 0.0895. The third-order valence-electron chi connectivity index (χ3n) is 1.56. The summed E-state index contributed by atoms with van der Waals surface area (Å²) in [7, 11) is 1.79. The largest absolute Gasteiger partial charge is 0.389 e. The molecule has 0 aromatic heterocycles. The average Bonchev–Trinajstić information content (AvgIpc) is 2.02. The molecule has 0 aliphatic rings. The summed E-state index contributed by atoms with van der Waals surface area (Å²) in [6.07, 6.45) is 1.07. The zero-order valence-electron chi connectivity index (χ0n) is 8.90. The maximum Gasteiger partial charge on any atom is 0.143 e. The van der Waals surface area contributed by atoms with Crippen molar-refractivity contribution in [3.63, 3.8) is 0 Å². The standard InChI is InChI=1S/C10H19NO3/c1-4-5-14-8-10(13)7-11(3)6-9(2)12/h4,10,13H,1,5-8H2,2-3H3. The number of carbonyl (C=O) groups excluding carboxylic acids is 1. The number of aliphatic hydroxyl groups excluding tert-OH is 1. The smallest absolute Gasteiger partial charge is 0.143 e. The quantitative estimate of drug-likeness (QED) is 0.446. The number of ether oxygens (including phenoxy) is 1. The third kappa shape index (κ3) is 7.91. The lowest BCUT2D eigenvalue weighted by molar-refractivity contribution is -0.118. The molecule has 0 aliphatic carbocycles. The van der Waals surface area contributed by atoms with Gasteiger partial charge in [0, 0.05) is 6.54 Å². The number of likely N-dealkylation sites (N-methyl/N-ethyl adjacent to an activating group) is 1. The average molecular weight is 201 g/mol. The Hall–Kier alpha value is -0.710. The summed E-state index contributed by atoms with van der Waals surface area (Å²) < 4.78 is 5.07. The molecule has 0 saturated carbocycles. The zero-order valence-corrected chi connectivity index (χ0v) is 8.90. The van der Waals surface area contributed by atoms with Gasteiger partial charge in [0.1, 0.15) is 5.78 Å². The van der Waals surface area contributed by atoms with Gasteiger partial charge < -0.3 is 9.84 Å². The first-order valence-corrected chi connectivity index (χ1v) is 4.61. The molecule has 4 heteroatoms. The first kappa shape index (κ1) is 13.3. The van der Waals surface area contributed by atoms with Crippen molar-refractivity contribution in [3.8, 4) is 0 Å². The van der Waals surface area contributed by atoms with Crippen molar-refractivity contribution in [3.05, 3.63) is 12.7 Å². The van der Waals surface area contributed by atoms with Crippen LogP contribution in [0.3, 0.4) is 0 Å². The molecule has 14 heavy (non-hydrogen) atoms. The van der Waals surface area contributed by atoms with Crippen LogP contribution in [0.15, 0.2) is 12.7 Å². The van der Waals surface area contributed by atoms with Crippen molar-refractivity contribution >= 4 is 5.78 Å². The fraction of sp³-hybridized carbons (Fsp3) is 0.700. The van der Waals surface area contributed by atoms with E-state index in [1.165, 1.54) is 6.92 Å². The van der Waals surface area contributed by atoms with Crippen molar-refractivity contribution in [1.29, 1.82) is 0 Å². The van der Waals surface area contributed by atoms with E-state index in [1.807, 2.05) is 0 Å². The van der Waals surface area contributed by atoms with Gasteiger partial charge in [0.15, 0.2) is 0 Å². The van der Waals surface area contributed by atoms with E-state index in [2.05, 4.69) is 6.58 Å². The van der Waals surface area contributed by atoms with Crippen LogP contribution in [0, 0.1) is 0 Å². The molecule has 0 radical (unpaired) electrons. The first-order valence-electron chi connectivity index (χ1n) is 4.61. The van der Waals surface area contributed by atoms with Crippen LogP contribution in [0.25, 0.3) is 0 Å². The molecule has 0 aromatic rings. The van der Waals surface area contributed by atoms with Crippen LogP contribution in [-0.2, 0) is 9.53 Å². The molecule has 0 amide bonds. The van der Waals surface area contributed by atoms with E-state index >= 15 is 0 Å². The van der Waals surface area contributed by atoms with Gasteiger partial charge in [-0.1, -0.05) is 6.08 Å². The Labute approximate surface area is 85.2 Å². The van der Waals surface area contributed by atoms with Crippen molar-refractivity contribution in [2.75, 3.05) is 33.4 Å². The molecular formula is C10H19NO3. The Morgan fingerprint density at radius 2 is 2.36 bits per heavy atom. The molecule has 0 saturated heterocycles. The molecule has 0 aliphatic heterocycles. The van der Waals surface area contributed by atoms with Gasteiger partial charge in [0.2, 0.25) is 0 Å². The van der Waals surface area contributed by atoms with Gasteiger partial charge in [-0.2, -0.15) is 0 Å². The predicted octanol–water partition coefficient (Wildman–Crippen LogP) is 0.0707. The molecule has 1 unspecified atom stereocenters. The van der Waals surface area contributed by atoms with E-state index in [0.29, 0.717) is 19.7 Å². The number of Topliss-reactive ketones (excluding diaryl/α,β-unsaturated/α-hetero) is 1. The van der Waals surface area contributed by atoms with Gasteiger partial charge in [-0.3, -0.25) is 9.69 Å². The normalized spacial score (nSPS) is 12.9. The minimum Gasteiger partial charge on any atom is -0.389 e. The molecule has 0 aromatic carbocycles. The highest BCUT2D eigenvalue weighted by molar-refractivity contribution is 5.77. The number of hydrogen-bond donors (Lipinski definition) is 1. The number of nitrogens with zero attached hydrogens (tertiary/aromatic N) is 1. The minimum absolute atomic E-state index is 0.0895. The van der Waals surface area contributed by atoms with Crippen molar-refractivity contribution < 1.29 is 14.6 Å². The van der Waals surface area contributed by atoms with Crippen molar-refractivity contribution in [1.82, 2.24) is 4.90 Å². The molecule has 0 rings (SSSR count). The van der Waals surface area contributed by atoms with E-state index < -0.39 is 6.10 Å². The number of ketones is 1. The molecule has 1 N–H and O–H groups in total. The van der Waals surface area contributed by atoms with Crippen LogP contribution in [-0.4, -0.2) is 55.2 Å². The summed E-state index contributed by atoms with van der Waals surface area (Å²) in [4.78, 5) is 12.5. The number of hydrogen-bond acceptors (Lipinski definition) is 4. The monoisotopic (exact) mass is 201 g/mol. The van der Waals surface area contributed by atoms with Crippen LogP contribution in [0.1, 0.15) is 6.92 Å². The molecule has 0 spiro atoms. The highest BCUT2D eigenvalue weighted by Gasteiger charge is 2.09. The lowest BCUT2D eigenvalue weighted by Gasteiger charge is -2.18. The van der Waals surface area contributed by atoms with Gasteiger partial charge in [0.25, 0.3) is 0 Å². The fourth-order valence-corrected chi connectivity index (χ4v) is 1.14. The van der Waals surface area contributed by atoms with E-state index in [4.69, 9.17) is 4.74 Å². The summed E-state index contributed by atoms with van der Waals surface area (Å²) in [6.45, 7) is 6.53. The van der Waals surface area contributed by atoms with Crippen molar-refractivity contribution in [2.24, 2.45) is 0 Å². The Kier molecular flexibility index (Phi) is 7.28. The summed E-state index contributed by atoms with van der Waals surface area (Å²) in [6, 6.07) is 0. The van der Waals surface area contributed by atoms with Crippen LogP contribution >= 0.6 is 0 Å². The Bertz CT molecular complexity index is 182. The van der Waals surface area contributed by atoms with Crippen LogP contribution < -0.4 is 0 Å². The lowest BCUT2D eigenvalue weighted by atomic mass is 10.3. The van der Waals surface area contributed by atoms with Crippen LogP contribution in [0.5, 0.6) is 0 Å². The maximum atomic E-state index is 10.7. The van der Waals surface area contributed by atoms with Crippen LogP contribution in [0.4, 0.5) is 0 Å². The molecule has 0 bridgehead atoms. The van der Waals surface area contributed by atoms with Crippen molar-refractivity contribution in [2.45, 2.75) is 13.0 Å². The van der Waals surface area contributed by atoms with Crippen LogP contribution in [0.2, 0.25) is 0 Å². The van der Waals surface area contributed by atoms with E-state index in [0.717, 1.165) is 0 Å². The number of rotatable bonds is 8. The molecule has 4 nitrogen and oxygen atoms in total. The Morgan fingerprint density at radius 1 is 1.71 bits per heavy atom. The number of aliphatic hydroxyl groups is 1. The van der Waals surface area contributed by atoms with E-state index in [1.54, 1.807) is 18.0 Å².